The summed E-state index contributed by atoms with van der Waals surface area (Å²) < 4.78 is 5.32. The molecule has 1 N–H and O–H groups in total. The summed E-state index contributed by atoms with van der Waals surface area (Å²) in [5.74, 6) is -1.82. The zero-order chi connectivity index (χ0) is 19.4. The van der Waals surface area contributed by atoms with Crippen LogP contribution < -0.4 is 4.74 Å². The summed E-state index contributed by atoms with van der Waals surface area (Å²) in [6.07, 6.45) is 5.10. The van der Waals surface area contributed by atoms with E-state index in [-0.39, 0.29) is 40.4 Å². The van der Waals surface area contributed by atoms with Crippen molar-refractivity contribution < 1.29 is 24.2 Å². The van der Waals surface area contributed by atoms with Crippen LogP contribution in [-0.2, 0) is 4.79 Å². The van der Waals surface area contributed by atoms with Crippen molar-refractivity contribution >= 4 is 17.5 Å². The molecular formula is C22H22O5. The van der Waals surface area contributed by atoms with Crippen LogP contribution >= 0.6 is 0 Å². The third-order valence-corrected chi connectivity index (χ3v) is 4.73. The third-order valence-electron chi connectivity index (χ3n) is 4.73. The van der Waals surface area contributed by atoms with Crippen molar-refractivity contribution in [1.82, 2.24) is 0 Å². The van der Waals surface area contributed by atoms with E-state index in [4.69, 9.17) is 4.74 Å². The molecule has 0 saturated heterocycles. The molecule has 2 aromatic carbocycles. The lowest BCUT2D eigenvalue weighted by molar-refractivity contribution is -0.134. The standard InChI is InChI=1S/C22H22O5/c1-2-3-4-5-6-11-18(24)27-22-17(23)13-12-16-19(22)21(26)15-10-8-7-9-14(15)20(16)25/h7-10,12-13,23H,2-6,11H2,1H3. The van der Waals surface area contributed by atoms with Crippen LogP contribution in [0.3, 0.4) is 0 Å². The number of carbonyl (C=O) groups is 3. The number of unbranched alkanes of at least 4 members (excludes halogenated alkanes) is 4. The van der Waals surface area contributed by atoms with Crippen molar-refractivity contribution in [3.8, 4) is 11.5 Å². The molecule has 3 rings (SSSR count). The predicted molar refractivity (Wildman–Crippen MR) is 100 cm³/mol. The molecule has 0 spiro atoms. The SMILES string of the molecule is CCCCCCCC(=O)Oc1c(O)ccc2c1C(=O)c1ccccc1C2=O. The molecule has 5 nitrogen and oxygen atoms in total. The first-order valence-corrected chi connectivity index (χ1v) is 9.29. The zero-order valence-corrected chi connectivity index (χ0v) is 15.3. The lowest BCUT2D eigenvalue weighted by Crippen LogP contribution is -2.22. The van der Waals surface area contributed by atoms with Crippen molar-refractivity contribution in [1.29, 1.82) is 0 Å². The molecule has 0 atom stereocenters. The number of ketones is 2. The van der Waals surface area contributed by atoms with Crippen LogP contribution in [0, 0.1) is 0 Å². The second-order valence-corrected chi connectivity index (χ2v) is 6.68. The number of phenols is 1. The summed E-state index contributed by atoms with van der Waals surface area (Å²) in [5.41, 5.74) is 0.659. The maximum Gasteiger partial charge on any atom is 0.311 e. The summed E-state index contributed by atoms with van der Waals surface area (Å²) in [6, 6.07) is 9.18. The Labute approximate surface area is 158 Å². The van der Waals surface area contributed by atoms with E-state index in [9.17, 15) is 19.5 Å². The number of rotatable bonds is 7. The average molecular weight is 366 g/mol. The molecule has 5 heteroatoms. The summed E-state index contributed by atoms with van der Waals surface area (Å²) in [4.78, 5) is 37.8. The van der Waals surface area contributed by atoms with Gasteiger partial charge >= 0.3 is 5.97 Å². The predicted octanol–water partition coefficient (Wildman–Crippen LogP) is 4.43. The topological polar surface area (TPSA) is 80.7 Å². The van der Waals surface area contributed by atoms with Crippen molar-refractivity contribution in [3.05, 3.63) is 58.7 Å². The minimum Gasteiger partial charge on any atom is -0.504 e. The van der Waals surface area contributed by atoms with Gasteiger partial charge in [0.05, 0.1) is 5.56 Å². The molecule has 0 amide bonds. The fourth-order valence-electron chi connectivity index (χ4n) is 3.29. The number of carbonyl (C=O) groups excluding carboxylic acids is 3. The molecule has 0 bridgehead atoms. The number of benzene rings is 2. The maximum absolute atomic E-state index is 12.9. The van der Waals surface area contributed by atoms with Crippen molar-refractivity contribution in [3.63, 3.8) is 0 Å². The van der Waals surface area contributed by atoms with E-state index >= 15 is 0 Å². The Morgan fingerprint density at radius 3 is 2.26 bits per heavy atom. The van der Waals surface area contributed by atoms with Gasteiger partial charge in [-0.2, -0.15) is 0 Å². The summed E-state index contributed by atoms with van der Waals surface area (Å²) in [7, 11) is 0. The molecule has 0 fully saturated rings. The van der Waals surface area contributed by atoms with Gasteiger partial charge in [-0.25, -0.2) is 0 Å². The second-order valence-electron chi connectivity index (χ2n) is 6.68. The number of hydrogen-bond acceptors (Lipinski definition) is 5. The van der Waals surface area contributed by atoms with Gasteiger partial charge in [-0.3, -0.25) is 14.4 Å². The Morgan fingerprint density at radius 1 is 0.889 bits per heavy atom. The number of aromatic hydroxyl groups is 1. The quantitative estimate of drug-likeness (QED) is 0.380. The van der Waals surface area contributed by atoms with E-state index in [2.05, 4.69) is 6.92 Å². The Kier molecular flexibility index (Phi) is 5.69. The highest BCUT2D eigenvalue weighted by Gasteiger charge is 2.34. The van der Waals surface area contributed by atoms with Crippen LogP contribution in [0.1, 0.15) is 77.3 Å². The fourth-order valence-corrected chi connectivity index (χ4v) is 3.29. The van der Waals surface area contributed by atoms with E-state index in [1.807, 2.05) is 0 Å². The molecule has 2 aromatic rings. The normalized spacial score (nSPS) is 12.5. The van der Waals surface area contributed by atoms with Crippen LogP contribution in [0.2, 0.25) is 0 Å². The third kappa shape index (κ3) is 3.77. The highest BCUT2D eigenvalue weighted by molar-refractivity contribution is 6.29. The molecule has 0 radical (unpaired) electrons. The van der Waals surface area contributed by atoms with Gasteiger partial charge in [0.2, 0.25) is 0 Å². The lowest BCUT2D eigenvalue weighted by Gasteiger charge is -2.20. The number of phenolic OH excluding ortho intramolecular Hbond substituents is 1. The van der Waals surface area contributed by atoms with Crippen molar-refractivity contribution in [2.45, 2.75) is 45.4 Å². The van der Waals surface area contributed by atoms with Gasteiger partial charge in [-0.15, -0.1) is 0 Å². The summed E-state index contributed by atoms with van der Waals surface area (Å²) in [6.45, 7) is 2.12. The van der Waals surface area contributed by atoms with Gasteiger partial charge in [0.15, 0.2) is 23.1 Å². The van der Waals surface area contributed by atoms with E-state index < -0.39 is 11.8 Å². The zero-order valence-electron chi connectivity index (χ0n) is 15.3. The van der Waals surface area contributed by atoms with Gasteiger partial charge in [-0.05, 0) is 18.6 Å². The molecule has 1 aliphatic carbocycles. The number of ether oxygens (including phenoxy) is 1. The number of hydrogen-bond donors (Lipinski definition) is 1. The van der Waals surface area contributed by atoms with Gasteiger partial charge in [0.1, 0.15) is 0 Å². The molecule has 0 unspecified atom stereocenters. The van der Waals surface area contributed by atoms with E-state index in [0.717, 1.165) is 25.7 Å². The summed E-state index contributed by atoms with van der Waals surface area (Å²) in [5, 5.41) is 10.2. The first-order chi connectivity index (χ1) is 13.0. The van der Waals surface area contributed by atoms with Crippen molar-refractivity contribution in [2.24, 2.45) is 0 Å². The Bertz CT molecular complexity index is 898. The van der Waals surface area contributed by atoms with Crippen LogP contribution in [0.15, 0.2) is 36.4 Å². The molecule has 0 saturated carbocycles. The van der Waals surface area contributed by atoms with Gasteiger partial charge in [0.25, 0.3) is 0 Å². The molecule has 0 heterocycles. The van der Waals surface area contributed by atoms with Gasteiger partial charge in [0, 0.05) is 23.1 Å². The molecule has 140 valence electrons. The van der Waals surface area contributed by atoms with Crippen LogP contribution in [0.25, 0.3) is 0 Å². The Hall–Kier alpha value is -2.95. The minimum atomic E-state index is -0.519. The molecule has 27 heavy (non-hydrogen) atoms. The lowest BCUT2D eigenvalue weighted by atomic mass is 9.83. The highest BCUT2D eigenvalue weighted by Crippen LogP contribution is 2.39. The van der Waals surface area contributed by atoms with E-state index in [1.165, 1.54) is 12.1 Å². The molecule has 0 aromatic heterocycles. The first-order valence-electron chi connectivity index (χ1n) is 9.29. The average Bonchev–Trinajstić information content (AvgIpc) is 2.67. The van der Waals surface area contributed by atoms with E-state index in [0.29, 0.717) is 12.0 Å². The van der Waals surface area contributed by atoms with Crippen molar-refractivity contribution in [2.75, 3.05) is 0 Å². The van der Waals surface area contributed by atoms with Crippen LogP contribution in [0.4, 0.5) is 0 Å². The fraction of sp³-hybridized carbons (Fsp3) is 0.318. The van der Waals surface area contributed by atoms with Crippen LogP contribution in [-0.4, -0.2) is 22.6 Å². The molecular weight excluding hydrogens is 344 g/mol. The second kappa shape index (κ2) is 8.16. The Morgan fingerprint density at radius 2 is 1.56 bits per heavy atom. The maximum atomic E-state index is 12.9. The highest BCUT2D eigenvalue weighted by atomic mass is 16.5. The molecule has 0 aliphatic heterocycles. The number of fused-ring (bicyclic) bond motifs is 2. The molecule has 1 aliphatic rings. The number of esters is 1. The van der Waals surface area contributed by atoms with Crippen LogP contribution in [0.5, 0.6) is 11.5 Å². The smallest absolute Gasteiger partial charge is 0.311 e. The largest absolute Gasteiger partial charge is 0.504 e. The summed E-state index contributed by atoms with van der Waals surface area (Å²) >= 11 is 0. The van der Waals surface area contributed by atoms with Gasteiger partial charge < -0.3 is 9.84 Å². The first kappa shape index (κ1) is 18.8. The van der Waals surface area contributed by atoms with E-state index in [1.54, 1.807) is 24.3 Å². The monoisotopic (exact) mass is 366 g/mol. The minimum absolute atomic E-state index is 0.0435. The Balaban J connectivity index is 1.85. The van der Waals surface area contributed by atoms with Gasteiger partial charge in [-0.1, -0.05) is 56.9 Å².